The maximum absolute atomic E-state index is 13.8. The first-order chi connectivity index (χ1) is 19.1. The third kappa shape index (κ3) is 5.57. The summed E-state index contributed by atoms with van der Waals surface area (Å²) < 4.78 is 16.6. The molecular weight excluding hydrogens is 571 g/mol. The van der Waals surface area contributed by atoms with Crippen LogP contribution in [0.2, 0.25) is 0 Å². The molecule has 3 aromatic carbocycles. The van der Waals surface area contributed by atoms with E-state index in [9.17, 15) is 9.59 Å². The molecule has 3 aromatic rings. The molecule has 2 aliphatic rings. The lowest BCUT2D eigenvalue weighted by Gasteiger charge is -2.43. The molecule has 0 fully saturated rings. The van der Waals surface area contributed by atoms with Crippen LogP contribution in [0.25, 0.3) is 0 Å². The molecule has 0 unspecified atom stereocenters. The Morgan fingerprint density at radius 3 is 1.95 bits per heavy atom. The normalized spacial score (nSPS) is 21.9. The van der Waals surface area contributed by atoms with Crippen molar-refractivity contribution in [1.82, 2.24) is 0 Å². The second-order valence-electron chi connectivity index (χ2n) is 10.6. The highest BCUT2D eigenvalue weighted by Gasteiger charge is 2.47. The zero-order valence-electron chi connectivity index (χ0n) is 22.6. The van der Waals surface area contributed by atoms with Gasteiger partial charge in [-0.25, -0.2) is 4.79 Å². The van der Waals surface area contributed by atoms with E-state index in [-0.39, 0.29) is 36.8 Å². The molecule has 4 atom stereocenters. The summed E-state index contributed by atoms with van der Waals surface area (Å²) in [4.78, 5) is 26.6. The van der Waals surface area contributed by atoms with Gasteiger partial charge in [0.05, 0.1) is 0 Å². The molecule has 0 aliphatic heterocycles. The predicted octanol–water partition coefficient (Wildman–Crippen LogP) is 8.45. The molecule has 0 saturated carbocycles. The van der Waals surface area contributed by atoms with Crippen LogP contribution in [0.4, 0.5) is 0 Å². The van der Waals surface area contributed by atoms with Crippen molar-refractivity contribution in [3.05, 3.63) is 94.0 Å². The van der Waals surface area contributed by atoms with Crippen LogP contribution in [0, 0.1) is 18.8 Å². The van der Waals surface area contributed by atoms with Crippen LogP contribution in [0.3, 0.4) is 0 Å². The monoisotopic (exact) mass is 600 g/mol. The minimum atomic E-state index is -2.24. The van der Waals surface area contributed by atoms with Gasteiger partial charge >= 0.3 is 5.97 Å². The fourth-order valence-electron chi connectivity index (χ4n) is 5.94. The van der Waals surface area contributed by atoms with Gasteiger partial charge in [0.1, 0.15) is 19.3 Å². The zero-order chi connectivity index (χ0) is 28.6. The van der Waals surface area contributed by atoms with Crippen LogP contribution in [-0.4, -0.2) is 15.5 Å². The highest BCUT2D eigenvalue weighted by Crippen LogP contribution is 2.57. The number of alkyl halides is 3. The molecule has 40 heavy (non-hydrogen) atoms. The molecule has 0 saturated heterocycles. The Kier molecular flexibility index (Phi) is 8.37. The highest BCUT2D eigenvalue weighted by atomic mass is 35.6. The van der Waals surface area contributed by atoms with E-state index in [1.54, 1.807) is 0 Å². The van der Waals surface area contributed by atoms with E-state index in [0.29, 0.717) is 29.0 Å². The van der Waals surface area contributed by atoms with E-state index < -0.39 is 15.9 Å². The Balaban J connectivity index is 1.69. The average Bonchev–Trinajstić information content (AvgIpc) is 2.94. The number of benzene rings is 3. The van der Waals surface area contributed by atoms with Crippen LogP contribution in [-0.2, 0) is 22.7 Å². The number of hydrogen-bond donors (Lipinski definition) is 0. The Morgan fingerprint density at radius 1 is 0.850 bits per heavy atom. The van der Waals surface area contributed by atoms with Gasteiger partial charge in [-0.2, -0.15) is 0 Å². The second-order valence-corrected chi connectivity index (χ2v) is 12.9. The van der Waals surface area contributed by atoms with Gasteiger partial charge in [-0.05, 0) is 48.3 Å². The molecule has 2 aliphatic carbocycles. The molecule has 5 nitrogen and oxygen atoms in total. The number of Topliss-reactive ketones (excluding diaryl/α,β-unsaturated/α-hetero) is 1. The van der Waals surface area contributed by atoms with E-state index in [1.165, 1.54) is 0 Å². The first kappa shape index (κ1) is 28.8. The molecule has 0 amide bonds. The SMILES string of the molecule is Cc1c(OCc2ccccc2)c(OCc2ccccc2)c2c3c1C(=O)[C@@H](C)[C@H](C)[C@H]3CC[C@H]2OC(=O)C(Cl)(Cl)Cl. The van der Waals surface area contributed by atoms with E-state index >= 15 is 0 Å². The van der Waals surface area contributed by atoms with Crippen LogP contribution < -0.4 is 9.47 Å². The maximum Gasteiger partial charge on any atom is 0.359 e. The Morgan fingerprint density at radius 2 is 1.40 bits per heavy atom. The molecule has 0 spiro atoms. The standard InChI is InChI=1S/C32H31Cl3O5/c1-18-19(2)28(36)25-20(3)29(38-16-21-10-6-4-7-11-21)30(39-17-22-12-8-5-9-13-22)27-24(15-14-23(18)26(25)27)40-31(37)32(33,34)35/h4-13,18-19,23-24H,14-17H2,1-3H3/t18-,19-,23+,24+/m0/s1. The lowest BCUT2D eigenvalue weighted by molar-refractivity contribution is -0.149. The molecular formula is C32H31Cl3O5. The number of ether oxygens (including phenoxy) is 3. The molecule has 0 aromatic heterocycles. The van der Waals surface area contributed by atoms with Crippen LogP contribution in [0.5, 0.6) is 11.5 Å². The van der Waals surface area contributed by atoms with E-state index in [2.05, 4.69) is 6.92 Å². The summed E-state index contributed by atoms with van der Waals surface area (Å²) in [6.07, 6.45) is 0.447. The van der Waals surface area contributed by atoms with Gasteiger partial charge in [0.2, 0.25) is 0 Å². The molecule has 0 heterocycles. The van der Waals surface area contributed by atoms with E-state index in [0.717, 1.165) is 28.7 Å². The Labute approximate surface area is 249 Å². The van der Waals surface area contributed by atoms with Crippen LogP contribution in [0.1, 0.15) is 76.9 Å². The van der Waals surface area contributed by atoms with Crippen molar-refractivity contribution in [2.45, 2.75) is 62.6 Å². The van der Waals surface area contributed by atoms with Gasteiger partial charge in [-0.15, -0.1) is 0 Å². The summed E-state index contributed by atoms with van der Waals surface area (Å²) in [6.45, 7) is 6.51. The van der Waals surface area contributed by atoms with Crippen molar-refractivity contribution in [3.8, 4) is 11.5 Å². The number of ketones is 1. The summed E-state index contributed by atoms with van der Waals surface area (Å²) in [5, 5.41) is 0. The highest BCUT2D eigenvalue weighted by molar-refractivity contribution is 6.75. The molecule has 8 heteroatoms. The fraction of sp³-hybridized carbons (Fsp3) is 0.375. The first-order valence-electron chi connectivity index (χ1n) is 13.4. The van der Waals surface area contributed by atoms with E-state index in [1.807, 2.05) is 74.5 Å². The van der Waals surface area contributed by atoms with Gasteiger partial charge in [0.25, 0.3) is 3.79 Å². The van der Waals surface area contributed by atoms with Gasteiger partial charge < -0.3 is 14.2 Å². The Bertz CT molecular complexity index is 1400. The van der Waals surface area contributed by atoms with Crippen molar-refractivity contribution in [1.29, 1.82) is 0 Å². The van der Waals surface area contributed by atoms with Crippen molar-refractivity contribution in [2.24, 2.45) is 11.8 Å². The number of hydrogen-bond acceptors (Lipinski definition) is 5. The number of halogens is 3. The summed E-state index contributed by atoms with van der Waals surface area (Å²) in [7, 11) is 0. The van der Waals surface area contributed by atoms with Gasteiger partial charge in [-0.1, -0.05) is 109 Å². The number of esters is 1. The smallest absolute Gasteiger partial charge is 0.359 e. The molecule has 0 N–H and O–H groups in total. The topological polar surface area (TPSA) is 61.8 Å². The average molecular weight is 602 g/mol. The summed E-state index contributed by atoms with van der Waals surface area (Å²) in [6, 6.07) is 19.5. The van der Waals surface area contributed by atoms with Gasteiger partial charge in [0, 0.05) is 22.6 Å². The number of rotatable bonds is 7. The summed E-state index contributed by atoms with van der Waals surface area (Å²) in [5.41, 5.74) is 4.75. The molecule has 0 radical (unpaired) electrons. The number of carbonyl (C=O) groups is 2. The minimum absolute atomic E-state index is 0.0463. The quantitative estimate of drug-likeness (QED) is 0.201. The summed E-state index contributed by atoms with van der Waals surface area (Å²) in [5.74, 6) is 0.00558. The van der Waals surface area contributed by atoms with Crippen molar-refractivity contribution in [2.75, 3.05) is 0 Å². The lowest BCUT2D eigenvalue weighted by Crippen LogP contribution is -2.37. The fourth-order valence-corrected chi connectivity index (χ4v) is 6.07. The lowest BCUT2D eigenvalue weighted by atomic mass is 9.62. The minimum Gasteiger partial charge on any atom is -0.485 e. The third-order valence-electron chi connectivity index (χ3n) is 8.17. The van der Waals surface area contributed by atoms with Crippen molar-refractivity contribution >= 4 is 46.6 Å². The molecule has 0 bridgehead atoms. The van der Waals surface area contributed by atoms with E-state index in [4.69, 9.17) is 49.0 Å². The Hall–Kier alpha value is -2.73. The third-order valence-corrected chi connectivity index (χ3v) is 8.64. The maximum atomic E-state index is 13.8. The molecule has 210 valence electrons. The van der Waals surface area contributed by atoms with Crippen LogP contribution in [0.15, 0.2) is 60.7 Å². The van der Waals surface area contributed by atoms with Crippen LogP contribution >= 0.6 is 34.8 Å². The zero-order valence-corrected chi connectivity index (χ0v) is 24.9. The largest absolute Gasteiger partial charge is 0.485 e. The van der Waals surface area contributed by atoms with Gasteiger partial charge in [-0.3, -0.25) is 4.79 Å². The molecule has 5 rings (SSSR count). The number of carbonyl (C=O) groups excluding carboxylic acids is 2. The van der Waals surface area contributed by atoms with Crippen molar-refractivity contribution < 1.29 is 23.8 Å². The first-order valence-corrected chi connectivity index (χ1v) is 14.6. The second kappa shape index (κ2) is 11.6. The van der Waals surface area contributed by atoms with Crippen molar-refractivity contribution in [3.63, 3.8) is 0 Å². The predicted molar refractivity (Wildman–Crippen MR) is 156 cm³/mol. The summed E-state index contributed by atoms with van der Waals surface area (Å²) >= 11 is 17.7. The van der Waals surface area contributed by atoms with Gasteiger partial charge in [0.15, 0.2) is 17.3 Å².